The molecule has 3 N–H and O–H groups in total. The number of phosphoric acid groups is 2. The van der Waals surface area contributed by atoms with Gasteiger partial charge in [-0.3, -0.25) is 37.3 Å². The van der Waals surface area contributed by atoms with Crippen LogP contribution in [-0.2, 0) is 65.4 Å². The van der Waals surface area contributed by atoms with Crippen LogP contribution < -0.4 is 0 Å². The number of hydrogen-bond donors (Lipinski definition) is 3. The molecule has 0 saturated carbocycles. The summed E-state index contributed by atoms with van der Waals surface area (Å²) in [5, 5.41) is 10.6. The minimum absolute atomic E-state index is 0.106. The van der Waals surface area contributed by atoms with Gasteiger partial charge in [0.1, 0.15) is 19.3 Å². The molecule has 17 nitrogen and oxygen atoms in total. The van der Waals surface area contributed by atoms with Crippen molar-refractivity contribution in [2.45, 2.75) is 400 Å². The SMILES string of the molecule is CCCCCCCCCCCCCCCC(=O)OC[C@H](COP(=O)(O)OC[C@@H](O)COP(=O)(O)OC[C@@H](COC(=O)CCCCCCCCCCCCCC)OC(=O)CCCCCCCCCCCC(C)C)OC(=O)CCCCCCCCCCCCCCCC(C)C. The van der Waals surface area contributed by atoms with Crippen molar-refractivity contribution in [3.63, 3.8) is 0 Å². The molecule has 19 heteroatoms. The third-order valence-electron chi connectivity index (χ3n) is 17.2. The van der Waals surface area contributed by atoms with E-state index in [2.05, 4.69) is 41.5 Å². The Morgan fingerprint density at radius 1 is 0.290 bits per heavy atom. The van der Waals surface area contributed by atoms with Gasteiger partial charge in [0.2, 0.25) is 0 Å². The lowest BCUT2D eigenvalue weighted by Crippen LogP contribution is -2.30. The van der Waals surface area contributed by atoms with Gasteiger partial charge >= 0.3 is 39.5 Å². The molecule has 0 rings (SSSR count). The van der Waals surface area contributed by atoms with Crippen molar-refractivity contribution in [2.75, 3.05) is 39.6 Å². The van der Waals surface area contributed by atoms with Crippen molar-refractivity contribution in [1.29, 1.82) is 0 Å². The average Bonchev–Trinajstić information content (AvgIpc) is 1.81. The van der Waals surface area contributed by atoms with Gasteiger partial charge in [0.05, 0.1) is 26.4 Å². The first kappa shape index (κ1) is 91.1. The van der Waals surface area contributed by atoms with Crippen molar-refractivity contribution in [2.24, 2.45) is 11.8 Å². The molecule has 0 amide bonds. The van der Waals surface area contributed by atoms with E-state index >= 15 is 0 Å². The third kappa shape index (κ3) is 68.4. The van der Waals surface area contributed by atoms with Crippen LogP contribution in [0.5, 0.6) is 0 Å². The zero-order chi connectivity index (χ0) is 68.6. The summed E-state index contributed by atoms with van der Waals surface area (Å²) < 4.78 is 68.5. The number of aliphatic hydroxyl groups is 1. The molecular weight excluding hydrogens is 1220 g/mol. The second-order valence-corrected chi connectivity index (χ2v) is 30.5. The van der Waals surface area contributed by atoms with E-state index in [9.17, 15) is 43.2 Å². The number of carbonyl (C=O) groups excluding carboxylic acids is 4. The zero-order valence-corrected chi connectivity index (χ0v) is 62.3. The number of aliphatic hydroxyl groups excluding tert-OH is 1. The van der Waals surface area contributed by atoms with E-state index in [4.69, 9.17) is 37.0 Å². The fourth-order valence-corrected chi connectivity index (χ4v) is 12.9. The summed E-state index contributed by atoms with van der Waals surface area (Å²) in [6.45, 7) is 9.58. The van der Waals surface area contributed by atoms with Crippen molar-refractivity contribution in [3.05, 3.63) is 0 Å². The van der Waals surface area contributed by atoms with E-state index in [1.807, 2.05) is 0 Å². The van der Waals surface area contributed by atoms with Crippen molar-refractivity contribution >= 4 is 39.5 Å². The molecule has 93 heavy (non-hydrogen) atoms. The zero-order valence-electron chi connectivity index (χ0n) is 60.6. The Morgan fingerprint density at radius 2 is 0.495 bits per heavy atom. The van der Waals surface area contributed by atoms with E-state index in [0.717, 1.165) is 102 Å². The normalized spacial score (nSPS) is 14.1. The first-order valence-electron chi connectivity index (χ1n) is 38.5. The molecule has 0 aromatic carbocycles. The lowest BCUT2D eigenvalue weighted by atomic mass is 10.0. The monoisotopic (exact) mass is 1370 g/mol. The molecule has 5 atom stereocenters. The molecule has 2 unspecified atom stereocenters. The van der Waals surface area contributed by atoms with Crippen molar-refractivity contribution in [3.8, 4) is 0 Å². The van der Waals surface area contributed by atoms with Crippen LogP contribution in [0.4, 0.5) is 0 Å². The molecule has 0 spiro atoms. The first-order chi connectivity index (χ1) is 44.9. The van der Waals surface area contributed by atoms with Crippen LogP contribution in [0.25, 0.3) is 0 Å². The van der Waals surface area contributed by atoms with Crippen LogP contribution in [0.15, 0.2) is 0 Å². The number of ether oxygens (including phenoxy) is 4. The van der Waals surface area contributed by atoms with E-state index < -0.39 is 97.5 Å². The molecule has 552 valence electrons. The lowest BCUT2D eigenvalue weighted by molar-refractivity contribution is -0.161. The van der Waals surface area contributed by atoms with E-state index in [1.54, 1.807) is 0 Å². The summed E-state index contributed by atoms with van der Waals surface area (Å²) in [6.07, 6.45) is 52.5. The number of hydrogen-bond acceptors (Lipinski definition) is 15. The Kier molecular flexibility index (Phi) is 64.6. The molecule has 0 heterocycles. The van der Waals surface area contributed by atoms with Gasteiger partial charge in [0, 0.05) is 25.7 Å². The fraction of sp³-hybridized carbons (Fsp3) is 0.946. The van der Waals surface area contributed by atoms with E-state index in [1.165, 1.54) is 199 Å². The molecule has 0 bridgehead atoms. The summed E-state index contributed by atoms with van der Waals surface area (Å²) in [5.41, 5.74) is 0. The summed E-state index contributed by atoms with van der Waals surface area (Å²) >= 11 is 0. The number of unbranched alkanes of at least 4 members (excludes halogenated alkanes) is 43. The molecule has 0 aliphatic rings. The maximum absolute atomic E-state index is 13.1. The van der Waals surface area contributed by atoms with E-state index in [0.29, 0.717) is 25.7 Å². The first-order valence-corrected chi connectivity index (χ1v) is 41.5. The summed E-state index contributed by atoms with van der Waals surface area (Å²) in [5.74, 6) is -0.593. The predicted octanol–water partition coefficient (Wildman–Crippen LogP) is 21.6. The molecule has 0 radical (unpaired) electrons. The number of phosphoric ester groups is 2. The summed E-state index contributed by atoms with van der Waals surface area (Å²) in [7, 11) is -9.91. The number of esters is 4. The quantitative estimate of drug-likeness (QED) is 0.0222. The summed E-state index contributed by atoms with van der Waals surface area (Å²) in [4.78, 5) is 72.7. The fourth-order valence-electron chi connectivity index (χ4n) is 11.3. The maximum Gasteiger partial charge on any atom is 0.472 e. The largest absolute Gasteiger partial charge is 0.472 e. The second-order valence-electron chi connectivity index (χ2n) is 27.6. The van der Waals surface area contributed by atoms with E-state index in [-0.39, 0.29) is 25.7 Å². The van der Waals surface area contributed by atoms with Crippen LogP contribution in [0.1, 0.15) is 382 Å². The molecular formula is C74H144O17P2. The Labute approximate surface area is 568 Å². The van der Waals surface area contributed by atoms with Crippen molar-refractivity contribution < 1.29 is 80.2 Å². The van der Waals surface area contributed by atoms with Gasteiger partial charge < -0.3 is 33.8 Å². The Bertz CT molecular complexity index is 1800. The number of rotatable bonds is 73. The highest BCUT2D eigenvalue weighted by Crippen LogP contribution is 2.45. The average molecular weight is 1370 g/mol. The molecule has 0 aliphatic heterocycles. The minimum Gasteiger partial charge on any atom is -0.462 e. The van der Waals surface area contributed by atoms with Gasteiger partial charge in [0.15, 0.2) is 12.2 Å². The highest BCUT2D eigenvalue weighted by Gasteiger charge is 2.30. The Hall–Kier alpha value is -1.94. The third-order valence-corrected chi connectivity index (χ3v) is 19.1. The smallest absolute Gasteiger partial charge is 0.462 e. The molecule has 0 aromatic heterocycles. The molecule has 0 saturated heterocycles. The van der Waals surface area contributed by atoms with Gasteiger partial charge in [-0.2, -0.15) is 0 Å². The van der Waals surface area contributed by atoms with Crippen LogP contribution in [0.3, 0.4) is 0 Å². The lowest BCUT2D eigenvalue weighted by Gasteiger charge is -2.21. The van der Waals surface area contributed by atoms with Gasteiger partial charge in [-0.05, 0) is 37.5 Å². The highest BCUT2D eigenvalue weighted by atomic mass is 31.2. The standard InChI is InChI=1S/C74H144O17P2/c1-7-9-11-13-15-17-19-22-27-33-39-45-51-57-72(77)85-62-69(90-73(78)58-52-46-40-34-28-24-21-23-25-30-36-42-48-54-66(3)4)64-88-92(80,81)86-60-68(75)61-87-93(82,83)89-65-70(91-74(79)59-53-47-41-35-29-31-37-43-49-55-67(5)6)63-84-71(76)56-50-44-38-32-26-20-18-16-14-12-10-8-2/h66-70,75H,7-65H2,1-6H3,(H,80,81)(H,82,83)/t68-,69-,70-/m1/s1. The minimum atomic E-state index is -4.95. The van der Waals surface area contributed by atoms with Gasteiger partial charge in [-0.25, -0.2) is 9.13 Å². The van der Waals surface area contributed by atoms with Crippen LogP contribution >= 0.6 is 15.6 Å². The van der Waals surface area contributed by atoms with Gasteiger partial charge in [-0.15, -0.1) is 0 Å². The van der Waals surface area contributed by atoms with Crippen molar-refractivity contribution in [1.82, 2.24) is 0 Å². The Morgan fingerprint density at radius 3 is 0.731 bits per heavy atom. The topological polar surface area (TPSA) is 237 Å². The van der Waals surface area contributed by atoms with Crippen LogP contribution in [-0.4, -0.2) is 96.7 Å². The maximum atomic E-state index is 13.1. The number of carbonyl (C=O) groups is 4. The second kappa shape index (κ2) is 66.0. The Balaban J connectivity index is 5.26. The predicted molar refractivity (Wildman–Crippen MR) is 377 cm³/mol. The summed E-state index contributed by atoms with van der Waals surface area (Å²) in [6, 6.07) is 0. The van der Waals surface area contributed by atoms with Crippen LogP contribution in [0, 0.1) is 11.8 Å². The van der Waals surface area contributed by atoms with Gasteiger partial charge in [-0.1, -0.05) is 330 Å². The van der Waals surface area contributed by atoms with Gasteiger partial charge in [0.25, 0.3) is 0 Å². The van der Waals surface area contributed by atoms with Crippen LogP contribution in [0.2, 0.25) is 0 Å². The molecule has 0 aliphatic carbocycles. The molecule has 0 fully saturated rings. The highest BCUT2D eigenvalue weighted by molar-refractivity contribution is 7.47. The molecule has 0 aromatic rings.